The molecular formula is C40H70O8. The van der Waals surface area contributed by atoms with E-state index in [1.54, 1.807) is 0 Å². The van der Waals surface area contributed by atoms with E-state index in [2.05, 4.69) is 38.2 Å². The first-order chi connectivity index (χ1) is 23.2. The van der Waals surface area contributed by atoms with Gasteiger partial charge in [-0.1, -0.05) is 128 Å². The van der Waals surface area contributed by atoms with Crippen LogP contribution >= 0.6 is 0 Å². The molecule has 278 valence electrons. The monoisotopic (exact) mass is 679 g/mol. The van der Waals surface area contributed by atoms with E-state index in [-0.39, 0.29) is 31.3 Å². The van der Waals surface area contributed by atoms with Crippen molar-refractivity contribution in [3.05, 3.63) is 24.3 Å². The van der Waals surface area contributed by atoms with E-state index in [0.717, 1.165) is 122 Å². The molecule has 0 aliphatic heterocycles. The second-order valence-electron chi connectivity index (χ2n) is 13.5. The second kappa shape index (κ2) is 32.9. The molecule has 0 saturated heterocycles. The molecule has 0 heterocycles. The van der Waals surface area contributed by atoms with Gasteiger partial charge in [-0.05, 0) is 63.7 Å². The van der Waals surface area contributed by atoms with Crippen molar-refractivity contribution in [3.63, 3.8) is 0 Å². The largest absolute Gasteiger partial charge is 0.481 e. The standard InChI is InChI=1S/C40H70O8/c1-3-5-7-9-16-21-27-34(28-22-17-14-15-20-26-32-38(43)44)36(33-39(45)46)40(47)48-35(29-23-8-6-4-2)30-24-18-12-10-11-13-19-25-31-37(41)42/h18,22,24,28,34-36H,3-17,19-21,23,25-27,29-33H2,1-2H3,(H,41,42)(H,43,44)(H,45,46)/b24-18-,28-22-. The van der Waals surface area contributed by atoms with Crippen LogP contribution in [-0.2, 0) is 23.9 Å². The van der Waals surface area contributed by atoms with Gasteiger partial charge in [-0.15, -0.1) is 0 Å². The van der Waals surface area contributed by atoms with Gasteiger partial charge in [0.25, 0.3) is 0 Å². The number of ether oxygens (including phenoxy) is 1. The lowest BCUT2D eigenvalue weighted by Crippen LogP contribution is -2.31. The number of carbonyl (C=O) groups excluding carboxylic acids is 1. The van der Waals surface area contributed by atoms with Crippen molar-refractivity contribution in [2.45, 2.75) is 193 Å². The molecule has 0 bridgehead atoms. The molecule has 0 spiro atoms. The van der Waals surface area contributed by atoms with Crippen molar-refractivity contribution in [2.24, 2.45) is 11.8 Å². The molecule has 3 atom stereocenters. The number of allylic oxidation sites excluding steroid dienone is 3. The van der Waals surface area contributed by atoms with E-state index < -0.39 is 29.8 Å². The molecule has 0 aromatic rings. The maximum atomic E-state index is 13.7. The summed E-state index contributed by atoms with van der Waals surface area (Å²) in [5.41, 5.74) is 0. The smallest absolute Gasteiger partial charge is 0.310 e. The molecule has 0 amide bonds. The summed E-state index contributed by atoms with van der Waals surface area (Å²) < 4.78 is 6.13. The minimum atomic E-state index is -0.987. The number of aliphatic carboxylic acids is 3. The molecule has 0 aromatic heterocycles. The molecular weight excluding hydrogens is 608 g/mol. The van der Waals surface area contributed by atoms with Crippen LogP contribution in [0.5, 0.6) is 0 Å². The molecule has 48 heavy (non-hydrogen) atoms. The normalized spacial score (nSPS) is 13.5. The number of rotatable bonds is 35. The Morgan fingerprint density at radius 1 is 0.542 bits per heavy atom. The third-order valence-corrected chi connectivity index (χ3v) is 8.99. The first-order valence-electron chi connectivity index (χ1n) is 19.4. The minimum Gasteiger partial charge on any atom is -0.481 e. The highest BCUT2D eigenvalue weighted by Gasteiger charge is 2.31. The molecule has 0 saturated carbocycles. The van der Waals surface area contributed by atoms with Gasteiger partial charge < -0.3 is 20.1 Å². The predicted octanol–water partition coefficient (Wildman–Crippen LogP) is 11.1. The van der Waals surface area contributed by atoms with Gasteiger partial charge in [-0.2, -0.15) is 0 Å². The van der Waals surface area contributed by atoms with Crippen LogP contribution in [0.3, 0.4) is 0 Å². The van der Waals surface area contributed by atoms with Gasteiger partial charge in [-0.3, -0.25) is 19.2 Å². The third kappa shape index (κ3) is 29.5. The van der Waals surface area contributed by atoms with Crippen LogP contribution in [0, 0.1) is 11.8 Å². The highest BCUT2D eigenvalue weighted by molar-refractivity contribution is 5.79. The molecule has 3 unspecified atom stereocenters. The van der Waals surface area contributed by atoms with E-state index in [1.807, 2.05) is 0 Å². The summed E-state index contributed by atoms with van der Waals surface area (Å²) in [5.74, 6) is -3.81. The fraction of sp³-hybridized carbons (Fsp3) is 0.800. The number of unbranched alkanes of at least 4 members (excludes halogenated alkanes) is 17. The Bertz CT molecular complexity index is 880. The van der Waals surface area contributed by atoms with Crippen molar-refractivity contribution in [3.8, 4) is 0 Å². The minimum absolute atomic E-state index is 0.196. The van der Waals surface area contributed by atoms with Gasteiger partial charge in [-0.25, -0.2) is 0 Å². The van der Waals surface area contributed by atoms with Crippen molar-refractivity contribution in [2.75, 3.05) is 0 Å². The van der Waals surface area contributed by atoms with E-state index in [4.69, 9.17) is 14.9 Å². The zero-order valence-corrected chi connectivity index (χ0v) is 30.5. The van der Waals surface area contributed by atoms with Crippen LogP contribution in [0.25, 0.3) is 0 Å². The SMILES string of the molecule is CCCCCCCCC(/C=C\CCCCCCC(=O)O)C(CC(=O)O)C(=O)OC(C/C=C\CCCCCCCC(=O)O)CCCCCC. The van der Waals surface area contributed by atoms with Crippen molar-refractivity contribution >= 4 is 23.9 Å². The van der Waals surface area contributed by atoms with Crippen LogP contribution in [0.2, 0.25) is 0 Å². The molecule has 0 radical (unpaired) electrons. The summed E-state index contributed by atoms with van der Waals surface area (Å²) in [6.07, 6.45) is 31.5. The summed E-state index contributed by atoms with van der Waals surface area (Å²) >= 11 is 0. The van der Waals surface area contributed by atoms with Gasteiger partial charge in [0.2, 0.25) is 0 Å². The maximum Gasteiger partial charge on any atom is 0.310 e. The predicted molar refractivity (Wildman–Crippen MR) is 194 cm³/mol. The Balaban J connectivity index is 5.37. The number of carboxylic acid groups (broad SMARTS) is 3. The van der Waals surface area contributed by atoms with Crippen molar-refractivity contribution in [1.29, 1.82) is 0 Å². The van der Waals surface area contributed by atoms with Crippen LogP contribution in [0.1, 0.15) is 187 Å². The summed E-state index contributed by atoms with van der Waals surface area (Å²) in [5, 5.41) is 27.4. The summed E-state index contributed by atoms with van der Waals surface area (Å²) in [6.45, 7) is 4.36. The average Bonchev–Trinajstić information content (AvgIpc) is 3.04. The Hall–Kier alpha value is -2.64. The van der Waals surface area contributed by atoms with E-state index in [1.165, 1.54) is 19.3 Å². The van der Waals surface area contributed by atoms with E-state index >= 15 is 0 Å². The van der Waals surface area contributed by atoms with E-state index in [9.17, 15) is 24.3 Å². The highest BCUT2D eigenvalue weighted by Crippen LogP contribution is 2.28. The summed E-state index contributed by atoms with van der Waals surface area (Å²) in [6, 6.07) is 0. The van der Waals surface area contributed by atoms with Gasteiger partial charge in [0, 0.05) is 19.3 Å². The van der Waals surface area contributed by atoms with Crippen LogP contribution < -0.4 is 0 Å². The first kappa shape index (κ1) is 45.4. The van der Waals surface area contributed by atoms with Gasteiger partial charge in [0.05, 0.1) is 12.3 Å². The van der Waals surface area contributed by atoms with Gasteiger partial charge >= 0.3 is 23.9 Å². The second-order valence-corrected chi connectivity index (χ2v) is 13.5. The molecule has 8 nitrogen and oxygen atoms in total. The topological polar surface area (TPSA) is 138 Å². The van der Waals surface area contributed by atoms with Crippen LogP contribution in [0.15, 0.2) is 24.3 Å². The van der Waals surface area contributed by atoms with Gasteiger partial charge in [0.15, 0.2) is 0 Å². The molecule has 0 fully saturated rings. The fourth-order valence-corrected chi connectivity index (χ4v) is 6.06. The molecule has 3 N–H and O–H groups in total. The number of hydrogen-bond acceptors (Lipinski definition) is 5. The number of esters is 1. The Morgan fingerprint density at radius 2 is 1.02 bits per heavy atom. The summed E-state index contributed by atoms with van der Waals surface area (Å²) in [4.78, 5) is 47.1. The van der Waals surface area contributed by atoms with Gasteiger partial charge in [0.1, 0.15) is 6.10 Å². The number of hydrogen-bond donors (Lipinski definition) is 3. The van der Waals surface area contributed by atoms with Crippen molar-refractivity contribution in [1.82, 2.24) is 0 Å². The zero-order chi connectivity index (χ0) is 35.7. The lowest BCUT2D eigenvalue weighted by molar-refractivity contribution is -0.159. The Morgan fingerprint density at radius 3 is 1.58 bits per heavy atom. The Labute approximate surface area is 292 Å². The lowest BCUT2D eigenvalue weighted by Gasteiger charge is -2.25. The molecule has 0 aromatic carbocycles. The quantitative estimate of drug-likeness (QED) is 0.0342. The summed E-state index contributed by atoms with van der Waals surface area (Å²) in [7, 11) is 0. The fourth-order valence-electron chi connectivity index (χ4n) is 6.06. The van der Waals surface area contributed by atoms with E-state index in [0.29, 0.717) is 12.8 Å². The third-order valence-electron chi connectivity index (χ3n) is 8.99. The van der Waals surface area contributed by atoms with Crippen LogP contribution in [0.4, 0.5) is 0 Å². The number of carbonyl (C=O) groups is 4. The first-order valence-corrected chi connectivity index (χ1v) is 19.4. The molecule has 0 aliphatic rings. The average molecular weight is 679 g/mol. The Kier molecular flexibility index (Phi) is 31.1. The molecule has 0 rings (SSSR count). The zero-order valence-electron chi connectivity index (χ0n) is 30.5. The lowest BCUT2D eigenvalue weighted by atomic mass is 9.84. The molecule has 8 heteroatoms. The molecule has 0 aliphatic carbocycles. The highest BCUT2D eigenvalue weighted by atomic mass is 16.5. The van der Waals surface area contributed by atoms with Crippen LogP contribution in [-0.4, -0.2) is 45.3 Å². The van der Waals surface area contributed by atoms with Crippen molar-refractivity contribution < 1.29 is 39.2 Å². The number of carboxylic acids is 3. The maximum absolute atomic E-state index is 13.7.